The zero-order valence-corrected chi connectivity index (χ0v) is 14.7. The fourth-order valence-corrected chi connectivity index (χ4v) is 3.16. The minimum absolute atomic E-state index is 0.0547. The van der Waals surface area contributed by atoms with Crippen LogP contribution in [0.15, 0.2) is 66.1 Å². The average molecular weight is 360 g/mol. The van der Waals surface area contributed by atoms with Crippen molar-refractivity contribution in [3.05, 3.63) is 66.7 Å². The number of carbonyl (C=O) groups excluding carboxylic acids is 1. The standard InChI is InChI=1S/C18H20N2O4S/c1-3-13-19-18(21)14-9-11-15(12-10-14)25(22,23)20-16-7-5-6-8-17(16)24-4-2/h3,5-12,20H,1,4,13H2,2H3,(H,19,21). The largest absolute Gasteiger partial charge is 0.492 e. The van der Waals surface area contributed by atoms with Gasteiger partial charge in [0.05, 0.1) is 17.2 Å². The van der Waals surface area contributed by atoms with Crippen LogP contribution >= 0.6 is 0 Å². The second kappa shape index (κ2) is 8.34. The molecular formula is C18H20N2O4S. The summed E-state index contributed by atoms with van der Waals surface area (Å²) in [5, 5.41) is 2.63. The van der Waals surface area contributed by atoms with Crippen LogP contribution < -0.4 is 14.8 Å². The van der Waals surface area contributed by atoms with Gasteiger partial charge in [-0.05, 0) is 43.3 Å². The van der Waals surface area contributed by atoms with E-state index in [1.807, 2.05) is 6.92 Å². The van der Waals surface area contributed by atoms with Crippen molar-refractivity contribution in [2.75, 3.05) is 17.9 Å². The molecule has 0 aliphatic heterocycles. The van der Waals surface area contributed by atoms with E-state index in [0.29, 0.717) is 30.2 Å². The summed E-state index contributed by atoms with van der Waals surface area (Å²) < 4.78 is 33.0. The Bertz CT molecular complexity index is 846. The Morgan fingerprint density at radius 3 is 2.48 bits per heavy atom. The van der Waals surface area contributed by atoms with E-state index in [-0.39, 0.29) is 10.8 Å². The Hall–Kier alpha value is -2.80. The number of anilines is 1. The first-order valence-electron chi connectivity index (χ1n) is 7.71. The molecule has 132 valence electrons. The highest BCUT2D eigenvalue weighted by atomic mass is 32.2. The number of rotatable bonds is 8. The van der Waals surface area contributed by atoms with Crippen molar-refractivity contribution in [3.63, 3.8) is 0 Å². The molecular weight excluding hydrogens is 340 g/mol. The summed E-state index contributed by atoms with van der Waals surface area (Å²) in [5.41, 5.74) is 0.729. The molecule has 25 heavy (non-hydrogen) atoms. The first kappa shape index (κ1) is 18.5. The van der Waals surface area contributed by atoms with Gasteiger partial charge in [0.15, 0.2) is 0 Å². The number of hydrogen-bond donors (Lipinski definition) is 2. The molecule has 0 radical (unpaired) electrons. The van der Waals surface area contributed by atoms with E-state index < -0.39 is 10.0 Å². The molecule has 2 N–H and O–H groups in total. The van der Waals surface area contributed by atoms with Crippen molar-refractivity contribution in [2.24, 2.45) is 0 Å². The van der Waals surface area contributed by atoms with Crippen LogP contribution in [0.3, 0.4) is 0 Å². The number of benzene rings is 2. The zero-order chi connectivity index (χ0) is 18.3. The summed E-state index contributed by atoms with van der Waals surface area (Å²) in [4.78, 5) is 11.9. The number of ether oxygens (including phenoxy) is 1. The third-order valence-electron chi connectivity index (χ3n) is 3.26. The highest BCUT2D eigenvalue weighted by Gasteiger charge is 2.17. The SMILES string of the molecule is C=CCNC(=O)c1ccc(S(=O)(=O)Nc2ccccc2OCC)cc1. The van der Waals surface area contributed by atoms with E-state index >= 15 is 0 Å². The second-order valence-corrected chi connectivity index (χ2v) is 6.74. The number of sulfonamides is 1. The van der Waals surface area contributed by atoms with Gasteiger partial charge in [0, 0.05) is 12.1 Å². The normalized spacial score (nSPS) is 10.8. The molecule has 0 atom stereocenters. The number of para-hydroxylation sites is 2. The Labute approximate surface area is 147 Å². The fourth-order valence-electron chi connectivity index (χ4n) is 2.09. The number of nitrogens with one attached hydrogen (secondary N) is 2. The van der Waals surface area contributed by atoms with Gasteiger partial charge >= 0.3 is 0 Å². The van der Waals surface area contributed by atoms with E-state index in [9.17, 15) is 13.2 Å². The Morgan fingerprint density at radius 2 is 1.84 bits per heavy atom. The highest BCUT2D eigenvalue weighted by Crippen LogP contribution is 2.26. The fraction of sp³-hybridized carbons (Fsp3) is 0.167. The highest BCUT2D eigenvalue weighted by molar-refractivity contribution is 7.92. The van der Waals surface area contributed by atoms with Crippen LogP contribution in [0.1, 0.15) is 17.3 Å². The van der Waals surface area contributed by atoms with Gasteiger partial charge in [0.25, 0.3) is 15.9 Å². The van der Waals surface area contributed by atoms with Crippen LogP contribution in [0.25, 0.3) is 0 Å². The predicted octanol–water partition coefficient (Wildman–Crippen LogP) is 2.80. The van der Waals surface area contributed by atoms with Crippen molar-refractivity contribution in [2.45, 2.75) is 11.8 Å². The van der Waals surface area contributed by atoms with Gasteiger partial charge in [-0.15, -0.1) is 6.58 Å². The molecule has 6 nitrogen and oxygen atoms in total. The van der Waals surface area contributed by atoms with Crippen LogP contribution in [-0.2, 0) is 10.0 Å². The number of amides is 1. The van der Waals surface area contributed by atoms with Gasteiger partial charge in [-0.2, -0.15) is 0 Å². The molecule has 0 spiro atoms. The topological polar surface area (TPSA) is 84.5 Å². The molecule has 2 aromatic carbocycles. The molecule has 0 aliphatic rings. The zero-order valence-electron chi connectivity index (χ0n) is 13.9. The summed E-state index contributed by atoms with van der Waals surface area (Å²) in [7, 11) is -3.79. The molecule has 0 heterocycles. The lowest BCUT2D eigenvalue weighted by atomic mass is 10.2. The van der Waals surface area contributed by atoms with Crippen molar-refractivity contribution < 1.29 is 17.9 Å². The summed E-state index contributed by atoms with van der Waals surface area (Å²) >= 11 is 0. The van der Waals surface area contributed by atoms with Gasteiger partial charge in [-0.3, -0.25) is 9.52 Å². The quantitative estimate of drug-likeness (QED) is 0.709. The molecule has 1 amide bonds. The molecule has 0 aliphatic carbocycles. The Kier molecular flexibility index (Phi) is 6.19. The van der Waals surface area contributed by atoms with Gasteiger partial charge in [-0.25, -0.2) is 8.42 Å². The molecule has 0 bridgehead atoms. The monoisotopic (exact) mass is 360 g/mol. The van der Waals surface area contributed by atoms with E-state index in [1.54, 1.807) is 30.3 Å². The Balaban J connectivity index is 2.20. The van der Waals surface area contributed by atoms with Crippen molar-refractivity contribution in [1.29, 1.82) is 0 Å². The van der Waals surface area contributed by atoms with Crippen molar-refractivity contribution >= 4 is 21.6 Å². The van der Waals surface area contributed by atoms with Gasteiger partial charge < -0.3 is 10.1 Å². The first-order valence-corrected chi connectivity index (χ1v) is 9.20. The molecule has 0 unspecified atom stereocenters. The number of hydrogen-bond acceptors (Lipinski definition) is 4. The van der Waals surface area contributed by atoms with E-state index in [1.165, 1.54) is 24.3 Å². The van der Waals surface area contributed by atoms with Gasteiger partial charge in [0.1, 0.15) is 5.75 Å². The smallest absolute Gasteiger partial charge is 0.262 e. The average Bonchev–Trinajstić information content (AvgIpc) is 2.61. The molecule has 0 saturated carbocycles. The predicted molar refractivity (Wildman–Crippen MR) is 97.4 cm³/mol. The van der Waals surface area contributed by atoms with E-state index in [4.69, 9.17) is 4.74 Å². The maximum absolute atomic E-state index is 12.5. The second-order valence-electron chi connectivity index (χ2n) is 5.06. The maximum Gasteiger partial charge on any atom is 0.262 e. The summed E-state index contributed by atoms with van der Waals surface area (Å²) in [5.74, 6) is 0.160. The van der Waals surface area contributed by atoms with Gasteiger partial charge in [0.2, 0.25) is 0 Å². The van der Waals surface area contributed by atoms with Crippen LogP contribution in [0, 0.1) is 0 Å². The van der Waals surface area contributed by atoms with Crippen molar-refractivity contribution in [1.82, 2.24) is 5.32 Å². The van der Waals surface area contributed by atoms with E-state index in [0.717, 1.165) is 0 Å². The van der Waals surface area contributed by atoms with Crippen LogP contribution in [0.5, 0.6) is 5.75 Å². The first-order chi connectivity index (χ1) is 12.0. The summed E-state index contributed by atoms with van der Waals surface area (Å²) in [6.07, 6.45) is 1.57. The lowest BCUT2D eigenvalue weighted by Gasteiger charge is -2.13. The van der Waals surface area contributed by atoms with Crippen molar-refractivity contribution in [3.8, 4) is 5.75 Å². The van der Waals surface area contributed by atoms with E-state index in [2.05, 4.69) is 16.6 Å². The van der Waals surface area contributed by atoms with Gasteiger partial charge in [-0.1, -0.05) is 18.2 Å². The molecule has 2 rings (SSSR count). The lowest BCUT2D eigenvalue weighted by molar-refractivity contribution is 0.0958. The molecule has 0 aromatic heterocycles. The minimum atomic E-state index is -3.79. The lowest BCUT2D eigenvalue weighted by Crippen LogP contribution is -2.23. The minimum Gasteiger partial charge on any atom is -0.492 e. The summed E-state index contributed by atoms with van der Waals surface area (Å²) in [6.45, 7) is 6.11. The molecule has 0 saturated heterocycles. The summed E-state index contributed by atoms with van der Waals surface area (Å²) in [6, 6.07) is 12.5. The molecule has 0 fully saturated rings. The Morgan fingerprint density at radius 1 is 1.16 bits per heavy atom. The number of carbonyl (C=O) groups is 1. The van der Waals surface area contributed by atoms with Crippen LogP contribution in [0.4, 0.5) is 5.69 Å². The van der Waals surface area contributed by atoms with Crippen LogP contribution in [-0.4, -0.2) is 27.5 Å². The van der Waals surface area contributed by atoms with Crippen LogP contribution in [0.2, 0.25) is 0 Å². The molecule has 2 aromatic rings. The third kappa shape index (κ3) is 4.84. The third-order valence-corrected chi connectivity index (χ3v) is 4.65. The molecule has 7 heteroatoms. The maximum atomic E-state index is 12.5.